The van der Waals surface area contributed by atoms with Crippen molar-refractivity contribution < 1.29 is 4.74 Å². The molecule has 0 unspecified atom stereocenters. The van der Waals surface area contributed by atoms with E-state index in [1.807, 2.05) is 12.1 Å². The summed E-state index contributed by atoms with van der Waals surface area (Å²) in [5, 5.41) is 4.64. The van der Waals surface area contributed by atoms with Crippen LogP contribution in [-0.2, 0) is 0 Å². The molecule has 106 valence electrons. The number of hydrogen-bond donors (Lipinski definition) is 1. The number of rotatable bonds is 6. The third-order valence-electron chi connectivity index (χ3n) is 3.53. The molecule has 19 heavy (non-hydrogen) atoms. The second-order valence-corrected chi connectivity index (χ2v) is 5.83. The standard InChI is InChI=1S/C15H21Cl2NO/c16-13-8-4-9-14(15(13)17)19-11-5-10-18-12-6-2-1-3-7-12/h4,8-9,12,18H,1-3,5-7,10-11H2. The summed E-state index contributed by atoms with van der Waals surface area (Å²) in [5.41, 5.74) is 0. The maximum Gasteiger partial charge on any atom is 0.139 e. The molecule has 0 aromatic heterocycles. The van der Waals surface area contributed by atoms with Crippen LogP contribution in [0.1, 0.15) is 38.5 Å². The first kappa shape index (κ1) is 15.0. The molecule has 0 radical (unpaired) electrons. The number of benzene rings is 1. The minimum absolute atomic E-state index is 0.504. The van der Waals surface area contributed by atoms with Gasteiger partial charge in [-0.25, -0.2) is 0 Å². The van der Waals surface area contributed by atoms with Crippen molar-refractivity contribution in [3.8, 4) is 5.75 Å². The van der Waals surface area contributed by atoms with Crippen LogP contribution in [0.25, 0.3) is 0 Å². The zero-order valence-electron chi connectivity index (χ0n) is 11.1. The molecule has 1 aliphatic rings. The topological polar surface area (TPSA) is 21.3 Å². The fourth-order valence-corrected chi connectivity index (χ4v) is 2.81. The molecule has 0 spiro atoms. The third kappa shape index (κ3) is 4.87. The van der Waals surface area contributed by atoms with Crippen molar-refractivity contribution in [1.82, 2.24) is 5.32 Å². The van der Waals surface area contributed by atoms with Crippen molar-refractivity contribution in [2.24, 2.45) is 0 Å². The van der Waals surface area contributed by atoms with E-state index in [0.717, 1.165) is 13.0 Å². The van der Waals surface area contributed by atoms with Crippen LogP contribution in [0.5, 0.6) is 5.75 Å². The van der Waals surface area contributed by atoms with Gasteiger partial charge in [-0.1, -0.05) is 48.5 Å². The Bertz CT molecular complexity index is 392. The van der Waals surface area contributed by atoms with Crippen LogP contribution >= 0.6 is 23.2 Å². The molecular formula is C15H21Cl2NO. The number of nitrogens with one attached hydrogen (secondary N) is 1. The molecule has 0 atom stereocenters. The Morgan fingerprint density at radius 3 is 2.74 bits per heavy atom. The van der Waals surface area contributed by atoms with Gasteiger partial charge in [-0.3, -0.25) is 0 Å². The number of ether oxygens (including phenoxy) is 1. The zero-order chi connectivity index (χ0) is 13.5. The highest BCUT2D eigenvalue weighted by Gasteiger charge is 2.11. The molecule has 1 fully saturated rings. The molecule has 1 aromatic carbocycles. The third-order valence-corrected chi connectivity index (χ3v) is 4.33. The first-order valence-corrected chi connectivity index (χ1v) is 7.83. The van der Waals surface area contributed by atoms with Crippen molar-refractivity contribution in [2.75, 3.05) is 13.2 Å². The lowest BCUT2D eigenvalue weighted by molar-refractivity contribution is 0.297. The Kier molecular flexibility index (Phi) is 6.29. The molecule has 1 saturated carbocycles. The van der Waals surface area contributed by atoms with Crippen LogP contribution in [0.2, 0.25) is 10.0 Å². The highest BCUT2D eigenvalue weighted by atomic mass is 35.5. The molecule has 0 bridgehead atoms. The monoisotopic (exact) mass is 301 g/mol. The van der Waals surface area contributed by atoms with Crippen LogP contribution in [0.4, 0.5) is 0 Å². The Morgan fingerprint density at radius 1 is 1.16 bits per heavy atom. The van der Waals surface area contributed by atoms with Gasteiger partial charge >= 0.3 is 0 Å². The number of hydrogen-bond acceptors (Lipinski definition) is 2. The highest BCUT2D eigenvalue weighted by molar-refractivity contribution is 6.42. The predicted molar refractivity (Wildman–Crippen MR) is 81.4 cm³/mol. The van der Waals surface area contributed by atoms with Crippen LogP contribution in [0, 0.1) is 0 Å². The van der Waals surface area contributed by atoms with Gasteiger partial charge in [-0.05, 0) is 37.9 Å². The van der Waals surface area contributed by atoms with Crippen LogP contribution < -0.4 is 10.1 Å². The molecule has 0 amide bonds. The molecule has 4 heteroatoms. The predicted octanol–water partition coefficient (Wildman–Crippen LogP) is 4.68. The fraction of sp³-hybridized carbons (Fsp3) is 0.600. The molecule has 1 N–H and O–H groups in total. The molecule has 1 aromatic rings. The molecule has 0 heterocycles. The van der Waals surface area contributed by atoms with E-state index in [1.54, 1.807) is 6.07 Å². The van der Waals surface area contributed by atoms with E-state index in [4.69, 9.17) is 27.9 Å². The lowest BCUT2D eigenvalue weighted by Gasteiger charge is -2.22. The van der Waals surface area contributed by atoms with Gasteiger partial charge in [0.05, 0.1) is 11.6 Å². The van der Waals surface area contributed by atoms with Gasteiger partial charge in [0.15, 0.2) is 0 Å². The number of halogens is 2. The zero-order valence-corrected chi connectivity index (χ0v) is 12.6. The van der Waals surface area contributed by atoms with E-state index >= 15 is 0 Å². The SMILES string of the molecule is Clc1cccc(OCCCNC2CCCCC2)c1Cl. The van der Waals surface area contributed by atoms with Crippen molar-refractivity contribution in [3.05, 3.63) is 28.2 Å². The first-order valence-electron chi connectivity index (χ1n) is 7.07. The van der Waals surface area contributed by atoms with Gasteiger partial charge in [-0.15, -0.1) is 0 Å². The average molecular weight is 302 g/mol. The second-order valence-electron chi connectivity index (χ2n) is 5.04. The maximum atomic E-state index is 6.06. The normalized spacial score (nSPS) is 16.5. The van der Waals surface area contributed by atoms with E-state index in [-0.39, 0.29) is 0 Å². The molecule has 2 rings (SSSR count). The summed E-state index contributed by atoms with van der Waals surface area (Å²) in [5.74, 6) is 0.673. The molecule has 0 aliphatic heterocycles. The van der Waals surface area contributed by atoms with Gasteiger partial charge in [0.2, 0.25) is 0 Å². The fourth-order valence-electron chi connectivity index (χ4n) is 2.46. The van der Waals surface area contributed by atoms with E-state index in [9.17, 15) is 0 Å². The highest BCUT2D eigenvalue weighted by Crippen LogP contribution is 2.31. The lowest BCUT2D eigenvalue weighted by atomic mass is 9.95. The summed E-state index contributed by atoms with van der Waals surface area (Å²) in [6.45, 7) is 1.67. The van der Waals surface area contributed by atoms with Gasteiger partial charge in [0.25, 0.3) is 0 Å². The summed E-state index contributed by atoms with van der Waals surface area (Å²) < 4.78 is 5.65. The Hall–Kier alpha value is -0.440. The van der Waals surface area contributed by atoms with Gasteiger partial charge in [-0.2, -0.15) is 0 Å². The van der Waals surface area contributed by atoms with Crippen LogP contribution in [0.15, 0.2) is 18.2 Å². The van der Waals surface area contributed by atoms with Crippen LogP contribution in [0.3, 0.4) is 0 Å². The van der Waals surface area contributed by atoms with Crippen LogP contribution in [-0.4, -0.2) is 19.2 Å². The van der Waals surface area contributed by atoms with Gasteiger partial charge in [0, 0.05) is 6.04 Å². The Morgan fingerprint density at radius 2 is 1.95 bits per heavy atom. The second kappa shape index (κ2) is 7.98. The van der Waals surface area contributed by atoms with E-state index < -0.39 is 0 Å². The lowest BCUT2D eigenvalue weighted by Crippen LogP contribution is -2.32. The molecule has 0 saturated heterocycles. The van der Waals surface area contributed by atoms with Crippen molar-refractivity contribution >= 4 is 23.2 Å². The largest absolute Gasteiger partial charge is 0.492 e. The summed E-state index contributed by atoms with van der Waals surface area (Å²) in [6, 6.07) is 6.18. The Labute approximate surface area is 125 Å². The van der Waals surface area contributed by atoms with E-state index in [2.05, 4.69) is 5.32 Å². The molecular weight excluding hydrogens is 281 g/mol. The summed E-state index contributed by atoms with van der Waals surface area (Å²) in [7, 11) is 0. The van der Waals surface area contributed by atoms with Gasteiger partial charge in [0.1, 0.15) is 10.8 Å². The minimum Gasteiger partial charge on any atom is -0.492 e. The average Bonchev–Trinajstić information content (AvgIpc) is 2.44. The quantitative estimate of drug-likeness (QED) is 0.770. The summed E-state index contributed by atoms with van der Waals surface area (Å²) >= 11 is 12.0. The van der Waals surface area contributed by atoms with Crippen molar-refractivity contribution in [3.63, 3.8) is 0 Å². The van der Waals surface area contributed by atoms with E-state index in [0.29, 0.717) is 28.4 Å². The smallest absolute Gasteiger partial charge is 0.139 e. The maximum absolute atomic E-state index is 6.06. The molecule has 1 aliphatic carbocycles. The summed E-state index contributed by atoms with van der Waals surface area (Å²) in [6.07, 6.45) is 7.76. The van der Waals surface area contributed by atoms with Crippen molar-refractivity contribution in [1.29, 1.82) is 0 Å². The Balaban J connectivity index is 1.62. The van der Waals surface area contributed by atoms with E-state index in [1.165, 1.54) is 32.1 Å². The summed E-state index contributed by atoms with van der Waals surface area (Å²) in [4.78, 5) is 0. The minimum atomic E-state index is 0.504. The van der Waals surface area contributed by atoms with Crippen molar-refractivity contribution in [2.45, 2.75) is 44.6 Å². The first-order chi connectivity index (χ1) is 9.27. The van der Waals surface area contributed by atoms with Gasteiger partial charge < -0.3 is 10.1 Å². The molecule has 2 nitrogen and oxygen atoms in total.